The summed E-state index contributed by atoms with van der Waals surface area (Å²) in [5, 5.41) is 2.28. The molecule has 1 N–H and O–H groups in total. The van der Waals surface area contributed by atoms with Crippen molar-refractivity contribution in [2.75, 3.05) is 6.61 Å². The van der Waals surface area contributed by atoms with Gasteiger partial charge in [-0.15, -0.1) is 0 Å². The van der Waals surface area contributed by atoms with Crippen LogP contribution < -0.4 is 5.32 Å². The van der Waals surface area contributed by atoms with Crippen LogP contribution in [-0.2, 0) is 14.3 Å². The minimum atomic E-state index is -1.19. The first-order valence-corrected chi connectivity index (χ1v) is 5.86. The molecule has 1 amide bonds. The summed E-state index contributed by atoms with van der Waals surface area (Å²) < 4.78 is 9.66. The molecule has 1 saturated heterocycles. The fourth-order valence-electron chi connectivity index (χ4n) is 1.81. The molecule has 1 fully saturated rings. The zero-order valence-electron chi connectivity index (χ0n) is 10.3. The number of esters is 1. The Bertz CT molecular complexity index is 499. The van der Waals surface area contributed by atoms with E-state index in [0.29, 0.717) is 5.56 Å². The first-order chi connectivity index (χ1) is 9.13. The van der Waals surface area contributed by atoms with Gasteiger partial charge in [0.2, 0.25) is 5.78 Å². The molecule has 0 radical (unpaired) electrons. The van der Waals surface area contributed by atoms with Gasteiger partial charge in [-0.05, 0) is 6.92 Å². The molecule has 6 heteroatoms. The van der Waals surface area contributed by atoms with Crippen LogP contribution in [0.4, 0.5) is 4.79 Å². The smallest absolute Gasteiger partial charge is 0.408 e. The fourth-order valence-corrected chi connectivity index (χ4v) is 1.81. The van der Waals surface area contributed by atoms with E-state index in [9.17, 15) is 14.4 Å². The predicted molar refractivity (Wildman–Crippen MR) is 64.6 cm³/mol. The molecule has 100 valence electrons. The SMILES string of the molecule is CCOC(=O)[C@@H]1NC(=O)O[C@H]1C(=O)c1ccccc1. The van der Waals surface area contributed by atoms with Crippen LogP contribution in [0.25, 0.3) is 0 Å². The second kappa shape index (κ2) is 5.51. The van der Waals surface area contributed by atoms with E-state index in [1.54, 1.807) is 37.3 Å². The van der Waals surface area contributed by atoms with Crippen molar-refractivity contribution in [1.82, 2.24) is 5.32 Å². The number of carbonyl (C=O) groups is 3. The van der Waals surface area contributed by atoms with Crippen LogP contribution in [-0.4, -0.2) is 36.6 Å². The van der Waals surface area contributed by atoms with Gasteiger partial charge in [-0.25, -0.2) is 9.59 Å². The summed E-state index contributed by atoms with van der Waals surface area (Å²) in [6.45, 7) is 1.81. The van der Waals surface area contributed by atoms with Gasteiger partial charge in [-0.2, -0.15) is 0 Å². The Hall–Kier alpha value is -2.37. The number of rotatable bonds is 4. The van der Waals surface area contributed by atoms with Crippen LogP contribution >= 0.6 is 0 Å². The first kappa shape index (κ1) is 13.1. The molecular formula is C13H13NO5. The highest BCUT2D eigenvalue weighted by atomic mass is 16.6. The first-order valence-electron chi connectivity index (χ1n) is 5.86. The van der Waals surface area contributed by atoms with E-state index >= 15 is 0 Å². The van der Waals surface area contributed by atoms with E-state index in [-0.39, 0.29) is 6.61 Å². The highest BCUT2D eigenvalue weighted by Crippen LogP contribution is 2.16. The third-order valence-electron chi connectivity index (χ3n) is 2.67. The Morgan fingerprint density at radius 3 is 2.63 bits per heavy atom. The summed E-state index contributed by atoms with van der Waals surface area (Å²) in [7, 11) is 0. The number of Topliss-reactive ketones (excluding diaryl/α,β-unsaturated/α-hetero) is 1. The maximum atomic E-state index is 12.2. The third kappa shape index (κ3) is 2.73. The summed E-state index contributed by atoms with van der Waals surface area (Å²) >= 11 is 0. The van der Waals surface area contributed by atoms with Crippen molar-refractivity contribution in [2.24, 2.45) is 0 Å². The minimum absolute atomic E-state index is 0.164. The zero-order chi connectivity index (χ0) is 13.8. The minimum Gasteiger partial charge on any atom is -0.464 e. The monoisotopic (exact) mass is 263 g/mol. The number of ether oxygens (including phenoxy) is 2. The highest BCUT2D eigenvalue weighted by molar-refractivity contribution is 6.05. The maximum Gasteiger partial charge on any atom is 0.408 e. The van der Waals surface area contributed by atoms with E-state index in [4.69, 9.17) is 9.47 Å². The Labute approximate surface area is 109 Å². The lowest BCUT2D eigenvalue weighted by Gasteiger charge is -2.14. The van der Waals surface area contributed by atoms with Crippen LogP contribution in [0.2, 0.25) is 0 Å². The molecule has 0 aromatic heterocycles. The number of ketones is 1. The van der Waals surface area contributed by atoms with Crippen molar-refractivity contribution in [3.63, 3.8) is 0 Å². The van der Waals surface area contributed by atoms with Gasteiger partial charge in [0.1, 0.15) is 0 Å². The molecule has 2 atom stereocenters. The average molecular weight is 263 g/mol. The second-order valence-electron chi connectivity index (χ2n) is 3.93. The Balaban J connectivity index is 2.19. The number of benzene rings is 1. The molecule has 0 spiro atoms. The van der Waals surface area contributed by atoms with Crippen molar-refractivity contribution in [1.29, 1.82) is 0 Å². The summed E-state index contributed by atoms with van der Waals surface area (Å²) in [5.74, 6) is -1.11. The molecule has 1 aromatic carbocycles. The molecule has 0 saturated carbocycles. The molecular weight excluding hydrogens is 250 g/mol. The Kier molecular flexibility index (Phi) is 3.79. The highest BCUT2D eigenvalue weighted by Gasteiger charge is 2.44. The molecule has 1 aromatic rings. The van der Waals surface area contributed by atoms with Gasteiger partial charge < -0.3 is 14.8 Å². The number of carbonyl (C=O) groups excluding carboxylic acids is 3. The largest absolute Gasteiger partial charge is 0.464 e. The van der Waals surface area contributed by atoms with Crippen LogP contribution in [0, 0.1) is 0 Å². The topological polar surface area (TPSA) is 81.7 Å². The summed E-state index contributed by atoms with van der Waals surface area (Å²) in [6.07, 6.45) is -1.98. The lowest BCUT2D eigenvalue weighted by molar-refractivity contribution is -0.146. The summed E-state index contributed by atoms with van der Waals surface area (Å²) in [6, 6.07) is 7.24. The number of amides is 1. The van der Waals surface area contributed by atoms with E-state index in [0.717, 1.165) is 0 Å². The molecule has 6 nitrogen and oxygen atoms in total. The summed E-state index contributed by atoms with van der Waals surface area (Å²) in [5.41, 5.74) is 0.373. The molecule has 1 heterocycles. The van der Waals surface area contributed by atoms with Crippen molar-refractivity contribution in [3.8, 4) is 0 Å². The van der Waals surface area contributed by atoms with E-state index in [1.807, 2.05) is 0 Å². The quantitative estimate of drug-likeness (QED) is 0.645. The normalized spacial score (nSPS) is 21.4. The second-order valence-corrected chi connectivity index (χ2v) is 3.93. The van der Waals surface area contributed by atoms with E-state index < -0.39 is 30.0 Å². The lowest BCUT2D eigenvalue weighted by Crippen LogP contribution is -2.44. The molecule has 1 aliphatic heterocycles. The molecule has 0 bridgehead atoms. The standard InChI is InChI=1S/C13H13NO5/c1-2-18-12(16)9-11(19-13(17)14-9)10(15)8-6-4-3-5-7-8/h3-7,9,11H,2H2,1H3,(H,14,17)/t9-,11-/m1/s1. The van der Waals surface area contributed by atoms with Gasteiger partial charge in [-0.3, -0.25) is 4.79 Å². The predicted octanol–water partition coefficient (Wildman–Crippen LogP) is 0.909. The number of nitrogens with one attached hydrogen (secondary N) is 1. The zero-order valence-corrected chi connectivity index (χ0v) is 10.3. The molecule has 0 aliphatic carbocycles. The molecule has 1 aliphatic rings. The van der Waals surface area contributed by atoms with Crippen LogP contribution in [0.15, 0.2) is 30.3 Å². The fraction of sp³-hybridized carbons (Fsp3) is 0.308. The lowest BCUT2D eigenvalue weighted by atomic mass is 10.0. The summed E-state index contributed by atoms with van der Waals surface area (Å²) in [4.78, 5) is 35.1. The Morgan fingerprint density at radius 1 is 1.32 bits per heavy atom. The van der Waals surface area contributed by atoms with Gasteiger partial charge in [0.25, 0.3) is 0 Å². The van der Waals surface area contributed by atoms with Gasteiger partial charge in [0, 0.05) is 5.56 Å². The van der Waals surface area contributed by atoms with Crippen LogP contribution in [0.1, 0.15) is 17.3 Å². The maximum absolute atomic E-state index is 12.2. The van der Waals surface area contributed by atoms with Gasteiger partial charge >= 0.3 is 12.1 Å². The molecule has 2 rings (SSSR count). The number of hydrogen-bond donors (Lipinski definition) is 1. The van der Waals surface area contributed by atoms with E-state index in [1.165, 1.54) is 0 Å². The molecule has 19 heavy (non-hydrogen) atoms. The molecule has 0 unspecified atom stereocenters. The number of cyclic esters (lactones) is 1. The van der Waals surface area contributed by atoms with E-state index in [2.05, 4.69) is 5.32 Å². The third-order valence-corrected chi connectivity index (χ3v) is 2.67. The van der Waals surface area contributed by atoms with Crippen molar-refractivity contribution in [2.45, 2.75) is 19.1 Å². The van der Waals surface area contributed by atoms with Gasteiger partial charge in [0.15, 0.2) is 12.1 Å². The van der Waals surface area contributed by atoms with Crippen molar-refractivity contribution >= 4 is 17.8 Å². The van der Waals surface area contributed by atoms with Crippen LogP contribution in [0.3, 0.4) is 0 Å². The van der Waals surface area contributed by atoms with Crippen molar-refractivity contribution in [3.05, 3.63) is 35.9 Å². The number of alkyl carbamates (subject to hydrolysis) is 1. The number of hydrogen-bond acceptors (Lipinski definition) is 5. The van der Waals surface area contributed by atoms with Crippen LogP contribution in [0.5, 0.6) is 0 Å². The average Bonchev–Trinajstić information content (AvgIpc) is 2.81. The van der Waals surface area contributed by atoms with Crippen molar-refractivity contribution < 1.29 is 23.9 Å². The Morgan fingerprint density at radius 2 is 2.00 bits per heavy atom. The van der Waals surface area contributed by atoms with Gasteiger partial charge in [0.05, 0.1) is 6.61 Å². The van der Waals surface area contributed by atoms with Gasteiger partial charge in [-0.1, -0.05) is 30.3 Å².